The zero-order valence-corrected chi connectivity index (χ0v) is 16.3. The zero-order chi connectivity index (χ0) is 18.8. The van der Waals surface area contributed by atoms with Crippen LogP contribution in [0, 0.1) is 0 Å². The van der Waals surface area contributed by atoms with Crippen molar-refractivity contribution in [2.24, 2.45) is 0 Å². The van der Waals surface area contributed by atoms with Crippen LogP contribution in [0.5, 0.6) is 0 Å². The molecule has 0 aromatic carbocycles. The van der Waals surface area contributed by atoms with Crippen molar-refractivity contribution in [3.63, 3.8) is 0 Å². The van der Waals surface area contributed by atoms with Crippen molar-refractivity contribution in [3.8, 4) is 0 Å². The minimum absolute atomic E-state index is 0.195. The van der Waals surface area contributed by atoms with Gasteiger partial charge >= 0.3 is 0 Å². The molecule has 2 amide bonds. The summed E-state index contributed by atoms with van der Waals surface area (Å²) in [6.07, 6.45) is 5.04. The smallest absolute Gasteiger partial charge is 0.269 e. The normalized spacial score (nSPS) is 12.8. The Labute approximate surface area is 164 Å². The predicted octanol–water partition coefficient (Wildman–Crippen LogP) is 3.43. The highest BCUT2D eigenvalue weighted by Gasteiger charge is 2.28. The quantitative estimate of drug-likeness (QED) is 0.658. The molecule has 0 atom stereocenters. The van der Waals surface area contributed by atoms with Gasteiger partial charge in [-0.1, -0.05) is 11.4 Å². The Hall–Kier alpha value is -2.52. The number of carbonyl (C=O) groups is 2. The molecule has 140 valence electrons. The number of carbonyl (C=O) groups excluding carboxylic acids is 2. The van der Waals surface area contributed by atoms with Gasteiger partial charge in [0.1, 0.15) is 15.6 Å². The van der Waals surface area contributed by atoms with E-state index >= 15 is 0 Å². The first-order chi connectivity index (χ1) is 13.2. The van der Waals surface area contributed by atoms with Crippen LogP contribution >= 0.6 is 22.9 Å². The fourth-order valence-corrected chi connectivity index (χ4v) is 5.10. The Balaban J connectivity index is 1.57. The van der Waals surface area contributed by atoms with E-state index in [1.54, 1.807) is 12.3 Å². The zero-order valence-electron chi connectivity index (χ0n) is 14.7. The number of rotatable bonds is 6. The fourth-order valence-electron chi connectivity index (χ4n) is 3.17. The van der Waals surface area contributed by atoms with Crippen molar-refractivity contribution in [1.82, 2.24) is 14.9 Å². The van der Waals surface area contributed by atoms with E-state index < -0.39 is 0 Å². The summed E-state index contributed by atoms with van der Waals surface area (Å²) in [5, 5.41) is 10.4. The fraction of sp³-hybridized carbons (Fsp3) is 0.333. The van der Waals surface area contributed by atoms with Gasteiger partial charge in [0.25, 0.3) is 11.8 Å². The van der Waals surface area contributed by atoms with Crippen LogP contribution in [0.3, 0.4) is 0 Å². The van der Waals surface area contributed by atoms with Gasteiger partial charge in [-0.2, -0.15) is 0 Å². The Morgan fingerprint density at radius 3 is 2.96 bits per heavy atom. The van der Waals surface area contributed by atoms with Crippen LogP contribution in [-0.2, 0) is 25.8 Å². The minimum Gasteiger partial charge on any atom is -0.467 e. The van der Waals surface area contributed by atoms with Crippen molar-refractivity contribution in [2.75, 3.05) is 5.32 Å². The molecule has 3 heterocycles. The molecule has 2 N–H and O–H groups in total. The summed E-state index contributed by atoms with van der Waals surface area (Å²) >= 11 is 2.56. The van der Waals surface area contributed by atoms with Crippen molar-refractivity contribution in [2.45, 2.75) is 39.2 Å². The maximum atomic E-state index is 12.9. The lowest BCUT2D eigenvalue weighted by Gasteiger charge is -2.08. The third kappa shape index (κ3) is 3.52. The van der Waals surface area contributed by atoms with E-state index in [0.29, 0.717) is 39.9 Å². The molecule has 0 saturated carbocycles. The second-order valence-electron chi connectivity index (χ2n) is 6.18. The predicted molar refractivity (Wildman–Crippen MR) is 103 cm³/mol. The summed E-state index contributed by atoms with van der Waals surface area (Å²) in [6.45, 7) is 2.24. The van der Waals surface area contributed by atoms with Crippen LogP contribution in [-0.4, -0.2) is 21.4 Å². The van der Waals surface area contributed by atoms with E-state index in [1.165, 1.54) is 16.2 Å². The third-order valence-corrected chi connectivity index (χ3v) is 6.45. The lowest BCUT2D eigenvalue weighted by Crippen LogP contribution is -2.25. The number of fused-ring (bicyclic) bond motifs is 1. The largest absolute Gasteiger partial charge is 0.467 e. The van der Waals surface area contributed by atoms with E-state index in [-0.39, 0.29) is 11.8 Å². The minimum atomic E-state index is -0.262. The first kappa shape index (κ1) is 17.9. The van der Waals surface area contributed by atoms with Gasteiger partial charge in [-0.15, -0.1) is 16.4 Å². The summed E-state index contributed by atoms with van der Waals surface area (Å²) in [5.74, 6) is 0.227. The highest BCUT2D eigenvalue weighted by molar-refractivity contribution is 7.17. The number of hydrogen-bond acceptors (Lipinski definition) is 7. The molecule has 0 radical (unpaired) electrons. The van der Waals surface area contributed by atoms with Crippen molar-refractivity contribution in [1.29, 1.82) is 0 Å². The SMILES string of the molecule is CCc1nnsc1C(=O)Nc1sc2c(c1C(=O)NCc1ccco1)CCC2. The number of anilines is 1. The van der Waals surface area contributed by atoms with Crippen molar-refractivity contribution >= 4 is 39.7 Å². The standard InChI is InChI=1S/C18H18N4O3S2/c1-2-12-15(27-22-21-12)17(24)20-18-14(11-6-3-7-13(11)26-18)16(23)19-9-10-5-4-8-25-10/h4-5,8H,2-3,6-7,9H2,1H3,(H,19,23)(H,20,24). The van der Waals surface area contributed by atoms with Crippen LogP contribution in [0.4, 0.5) is 5.00 Å². The van der Waals surface area contributed by atoms with Crippen LogP contribution in [0.1, 0.15) is 55.3 Å². The average Bonchev–Trinajstić information content (AvgIpc) is 3.42. The van der Waals surface area contributed by atoms with Crippen LogP contribution in [0.25, 0.3) is 0 Å². The number of furan rings is 1. The molecule has 7 nitrogen and oxygen atoms in total. The molecule has 27 heavy (non-hydrogen) atoms. The topological polar surface area (TPSA) is 97.1 Å². The van der Waals surface area contributed by atoms with Gasteiger partial charge in [-0.25, -0.2) is 0 Å². The van der Waals surface area contributed by atoms with E-state index in [2.05, 4.69) is 20.2 Å². The maximum absolute atomic E-state index is 12.9. The Morgan fingerprint density at radius 1 is 1.30 bits per heavy atom. The van der Waals surface area contributed by atoms with Gasteiger partial charge in [0.05, 0.1) is 24.1 Å². The second-order valence-corrected chi connectivity index (χ2v) is 8.04. The Bertz CT molecular complexity index is 975. The Kier molecular flexibility index (Phi) is 5.04. The van der Waals surface area contributed by atoms with Crippen molar-refractivity contribution < 1.29 is 14.0 Å². The van der Waals surface area contributed by atoms with Gasteiger partial charge in [0.15, 0.2) is 0 Å². The number of nitrogens with one attached hydrogen (secondary N) is 2. The first-order valence-corrected chi connectivity index (χ1v) is 10.3. The summed E-state index contributed by atoms with van der Waals surface area (Å²) < 4.78 is 9.13. The lowest BCUT2D eigenvalue weighted by molar-refractivity contribution is 0.0948. The van der Waals surface area contributed by atoms with E-state index in [4.69, 9.17) is 4.42 Å². The lowest BCUT2D eigenvalue weighted by atomic mass is 10.1. The van der Waals surface area contributed by atoms with Gasteiger partial charge < -0.3 is 15.1 Å². The van der Waals surface area contributed by atoms with Gasteiger partial charge in [0, 0.05) is 4.88 Å². The number of amides is 2. The highest BCUT2D eigenvalue weighted by atomic mass is 32.1. The number of thiophene rings is 1. The van der Waals surface area contributed by atoms with Gasteiger partial charge in [-0.3, -0.25) is 9.59 Å². The van der Waals surface area contributed by atoms with Crippen LogP contribution < -0.4 is 10.6 Å². The van der Waals surface area contributed by atoms with E-state index in [1.807, 2.05) is 13.0 Å². The molecule has 1 aliphatic rings. The first-order valence-electron chi connectivity index (χ1n) is 8.75. The monoisotopic (exact) mass is 402 g/mol. The molecule has 3 aromatic rings. The van der Waals surface area contributed by atoms with E-state index in [9.17, 15) is 9.59 Å². The second kappa shape index (κ2) is 7.61. The van der Waals surface area contributed by atoms with E-state index in [0.717, 1.165) is 36.4 Å². The van der Waals surface area contributed by atoms with Gasteiger partial charge in [0.2, 0.25) is 0 Å². The summed E-state index contributed by atoms with van der Waals surface area (Å²) in [4.78, 5) is 27.2. The Morgan fingerprint density at radius 2 is 2.19 bits per heavy atom. The highest BCUT2D eigenvalue weighted by Crippen LogP contribution is 2.39. The molecule has 0 unspecified atom stereocenters. The molecule has 3 aromatic heterocycles. The maximum Gasteiger partial charge on any atom is 0.269 e. The van der Waals surface area contributed by atoms with Crippen LogP contribution in [0.15, 0.2) is 22.8 Å². The molecule has 0 bridgehead atoms. The average molecular weight is 403 g/mol. The molecule has 0 saturated heterocycles. The number of aromatic nitrogens is 2. The number of hydrogen-bond donors (Lipinski definition) is 2. The van der Waals surface area contributed by atoms with Crippen LogP contribution in [0.2, 0.25) is 0 Å². The molecular weight excluding hydrogens is 384 g/mol. The summed E-state index contributed by atoms with van der Waals surface area (Å²) in [5.41, 5.74) is 2.29. The number of nitrogens with zero attached hydrogens (tertiary/aromatic N) is 2. The molecule has 0 fully saturated rings. The molecule has 4 rings (SSSR count). The third-order valence-electron chi connectivity index (χ3n) is 4.48. The number of aryl methyl sites for hydroxylation is 2. The van der Waals surface area contributed by atoms with Crippen molar-refractivity contribution in [3.05, 3.63) is 50.7 Å². The molecular formula is C18H18N4O3S2. The summed E-state index contributed by atoms with van der Waals surface area (Å²) in [6, 6.07) is 3.59. The molecule has 9 heteroatoms. The molecule has 1 aliphatic carbocycles. The molecule has 0 spiro atoms. The molecule has 0 aliphatic heterocycles. The summed E-state index contributed by atoms with van der Waals surface area (Å²) in [7, 11) is 0. The van der Waals surface area contributed by atoms with Gasteiger partial charge in [-0.05, 0) is 54.9 Å².